The molecule has 1 aromatic rings. The average Bonchev–Trinajstić information content (AvgIpc) is 2.18. The van der Waals surface area contributed by atoms with Crippen LogP contribution in [0.3, 0.4) is 0 Å². The third kappa shape index (κ3) is 1.71. The standard InChI is InChI=1S/C7H13N3O/c1-5-6(4-10(2)3)9-11-7(5)8/h4,8H2,1-3H3. The van der Waals surface area contributed by atoms with Gasteiger partial charge in [-0.3, -0.25) is 0 Å². The fraction of sp³-hybridized carbons (Fsp3) is 0.571. The highest BCUT2D eigenvalue weighted by atomic mass is 16.5. The van der Waals surface area contributed by atoms with E-state index in [2.05, 4.69) is 5.16 Å². The molecule has 1 aromatic heterocycles. The van der Waals surface area contributed by atoms with Crippen LogP contribution in [0.25, 0.3) is 0 Å². The van der Waals surface area contributed by atoms with Crippen molar-refractivity contribution in [3.63, 3.8) is 0 Å². The lowest BCUT2D eigenvalue weighted by atomic mass is 10.2. The molecule has 62 valence electrons. The van der Waals surface area contributed by atoms with Crippen molar-refractivity contribution in [3.05, 3.63) is 11.3 Å². The van der Waals surface area contributed by atoms with Crippen LogP contribution in [0, 0.1) is 6.92 Å². The van der Waals surface area contributed by atoms with E-state index >= 15 is 0 Å². The second-order valence-electron chi connectivity index (χ2n) is 2.86. The minimum atomic E-state index is 0.418. The summed E-state index contributed by atoms with van der Waals surface area (Å²) in [6, 6.07) is 0. The van der Waals surface area contributed by atoms with Gasteiger partial charge in [-0.15, -0.1) is 0 Å². The van der Waals surface area contributed by atoms with E-state index in [1.54, 1.807) is 0 Å². The molecule has 0 bridgehead atoms. The second-order valence-corrected chi connectivity index (χ2v) is 2.86. The molecule has 11 heavy (non-hydrogen) atoms. The van der Waals surface area contributed by atoms with Gasteiger partial charge in [0, 0.05) is 12.1 Å². The van der Waals surface area contributed by atoms with Crippen molar-refractivity contribution >= 4 is 5.88 Å². The van der Waals surface area contributed by atoms with E-state index in [9.17, 15) is 0 Å². The molecule has 0 radical (unpaired) electrons. The van der Waals surface area contributed by atoms with Crippen LogP contribution in [0.4, 0.5) is 5.88 Å². The molecule has 0 spiro atoms. The molecule has 0 amide bonds. The minimum Gasteiger partial charge on any atom is -0.367 e. The molecule has 0 aromatic carbocycles. The Kier molecular flexibility index (Phi) is 2.14. The lowest BCUT2D eigenvalue weighted by Gasteiger charge is -2.05. The highest BCUT2D eigenvalue weighted by molar-refractivity contribution is 5.37. The lowest BCUT2D eigenvalue weighted by Crippen LogP contribution is -2.11. The van der Waals surface area contributed by atoms with Crippen molar-refractivity contribution < 1.29 is 4.52 Å². The summed E-state index contributed by atoms with van der Waals surface area (Å²) in [6.45, 7) is 2.68. The summed E-state index contributed by atoms with van der Waals surface area (Å²) < 4.78 is 4.80. The zero-order valence-electron chi connectivity index (χ0n) is 7.09. The summed E-state index contributed by atoms with van der Waals surface area (Å²) in [5, 5.41) is 3.81. The fourth-order valence-electron chi connectivity index (χ4n) is 0.830. The van der Waals surface area contributed by atoms with Crippen LogP contribution in [0.1, 0.15) is 11.3 Å². The Balaban J connectivity index is 2.79. The predicted octanol–water partition coefficient (Wildman–Crippen LogP) is 0.627. The quantitative estimate of drug-likeness (QED) is 0.680. The van der Waals surface area contributed by atoms with Gasteiger partial charge in [-0.1, -0.05) is 5.16 Å². The third-order valence-corrected chi connectivity index (χ3v) is 1.52. The van der Waals surface area contributed by atoms with Crippen LogP contribution in [0.15, 0.2) is 4.52 Å². The molecule has 0 saturated heterocycles. The summed E-state index contributed by atoms with van der Waals surface area (Å²) in [6.07, 6.45) is 0. The highest BCUT2D eigenvalue weighted by Gasteiger charge is 2.08. The minimum absolute atomic E-state index is 0.418. The first-order valence-corrected chi connectivity index (χ1v) is 3.46. The molecule has 0 aliphatic carbocycles. The number of rotatable bonds is 2. The largest absolute Gasteiger partial charge is 0.367 e. The van der Waals surface area contributed by atoms with Crippen molar-refractivity contribution in [1.29, 1.82) is 0 Å². The second kappa shape index (κ2) is 2.92. The van der Waals surface area contributed by atoms with Gasteiger partial charge in [0.2, 0.25) is 5.88 Å². The maximum atomic E-state index is 5.47. The van der Waals surface area contributed by atoms with Gasteiger partial charge < -0.3 is 15.2 Å². The lowest BCUT2D eigenvalue weighted by molar-refractivity contribution is 0.368. The van der Waals surface area contributed by atoms with Crippen LogP contribution in [0.2, 0.25) is 0 Å². The maximum absolute atomic E-state index is 5.47. The van der Waals surface area contributed by atoms with Crippen molar-refractivity contribution in [2.75, 3.05) is 19.8 Å². The Morgan fingerprint density at radius 1 is 1.55 bits per heavy atom. The van der Waals surface area contributed by atoms with Crippen molar-refractivity contribution in [3.8, 4) is 0 Å². The van der Waals surface area contributed by atoms with E-state index in [0.29, 0.717) is 5.88 Å². The van der Waals surface area contributed by atoms with Crippen LogP contribution >= 0.6 is 0 Å². The number of anilines is 1. The first kappa shape index (κ1) is 8.07. The zero-order valence-corrected chi connectivity index (χ0v) is 7.09. The Labute approximate surface area is 66.0 Å². The number of nitrogens with zero attached hydrogens (tertiary/aromatic N) is 2. The van der Waals surface area contributed by atoms with Gasteiger partial charge in [0.15, 0.2) is 0 Å². The molecular weight excluding hydrogens is 142 g/mol. The van der Waals surface area contributed by atoms with Gasteiger partial charge >= 0.3 is 0 Å². The topological polar surface area (TPSA) is 55.3 Å². The number of nitrogen functional groups attached to an aromatic ring is 1. The molecule has 0 fully saturated rings. The fourth-order valence-corrected chi connectivity index (χ4v) is 0.830. The monoisotopic (exact) mass is 155 g/mol. The molecule has 1 heterocycles. The van der Waals surface area contributed by atoms with Crippen molar-refractivity contribution in [2.45, 2.75) is 13.5 Å². The van der Waals surface area contributed by atoms with Crippen LogP contribution in [0.5, 0.6) is 0 Å². The molecule has 0 atom stereocenters. The van der Waals surface area contributed by atoms with Gasteiger partial charge in [0.1, 0.15) is 5.69 Å². The molecule has 0 aliphatic heterocycles. The van der Waals surface area contributed by atoms with E-state index < -0.39 is 0 Å². The number of hydrogen-bond donors (Lipinski definition) is 1. The zero-order chi connectivity index (χ0) is 8.43. The predicted molar refractivity (Wildman–Crippen MR) is 43.0 cm³/mol. The van der Waals surface area contributed by atoms with E-state index in [1.807, 2.05) is 25.9 Å². The van der Waals surface area contributed by atoms with E-state index in [1.165, 1.54) is 0 Å². The first-order valence-electron chi connectivity index (χ1n) is 3.46. The molecule has 4 nitrogen and oxygen atoms in total. The van der Waals surface area contributed by atoms with Crippen LogP contribution in [-0.2, 0) is 6.54 Å². The molecule has 0 aliphatic rings. The van der Waals surface area contributed by atoms with Gasteiger partial charge in [0.05, 0.1) is 0 Å². The van der Waals surface area contributed by atoms with Crippen LogP contribution < -0.4 is 5.73 Å². The summed E-state index contributed by atoms with van der Waals surface area (Å²) >= 11 is 0. The Morgan fingerprint density at radius 2 is 2.18 bits per heavy atom. The van der Waals surface area contributed by atoms with Gasteiger partial charge in [-0.2, -0.15) is 0 Å². The average molecular weight is 155 g/mol. The SMILES string of the molecule is Cc1c(CN(C)C)noc1N. The Bertz CT molecular complexity index is 242. The smallest absolute Gasteiger partial charge is 0.225 e. The van der Waals surface area contributed by atoms with Crippen LogP contribution in [-0.4, -0.2) is 24.2 Å². The van der Waals surface area contributed by atoms with Gasteiger partial charge in [-0.05, 0) is 21.0 Å². The third-order valence-electron chi connectivity index (χ3n) is 1.52. The van der Waals surface area contributed by atoms with Gasteiger partial charge in [0.25, 0.3) is 0 Å². The van der Waals surface area contributed by atoms with Crippen molar-refractivity contribution in [1.82, 2.24) is 10.1 Å². The van der Waals surface area contributed by atoms with E-state index in [4.69, 9.17) is 10.3 Å². The molecule has 4 heteroatoms. The van der Waals surface area contributed by atoms with E-state index in [0.717, 1.165) is 17.8 Å². The number of hydrogen-bond acceptors (Lipinski definition) is 4. The Hall–Kier alpha value is -1.03. The maximum Gasteiger partial charge on any atom is 0.225 e. The summed E-state index contributed by atoms with van der Waals surface area (Å²) in [4.78, 5) is 2.02. The Morgan fingerprint density at radius 3 is 2.55 bits per heavy atom. The van der Waals surface area contributed by atoms with Gasteiger partial charge in [-0.25, -0.2) is 0 Å². The number of aromatic nitrogens is 1. The molecule has 1 rings (SSSR count). The number of nitrogens with two attached hydrogens (primary N) is 1. The molecule has 0 unspecified atom stereocenters. The summed E-state index contributed by atoms with van der Waals surface area (Å²) in [7, 11) is 3.95. The molecular formula is C7H13N3O. The van der Waals surface area contributed by atoms with Crippen molar-refractivity contribution in [2.24, 2.45) is 0 Å². The highest BCUT2D eigenvalue weighted by Crippen LogP contribution is 2.14. The molecule has 2 N–H and O–H groups in total. The normalized spacial score (nSPS) is 10.9. The van der Waals surface area contributed by atoms with E-state index in [-0.39, 0.29) is 0 Å². The first-order chi connectivity index (χ1) is 5.11. The summed E-state index contributed by atoms with van der Waals surface area (Å²) in [5.41, 5.74) is 7.32. The summed E-state index contributed by atoms with van der Waals surface area (Å²) in [5.74, 6) is 0.418. The molecule has 0 saturated carbocycles.